The maximum atomic E-state index is 6.68. The molecular weight excluding hydrogens is 438 g/mol. The molecule has 0 unspecified atom stereocenters. The summed E-state index contributed by atoms with van der Waals surface area (Å²) in [4.78, 5) is 16.0. The Morgan fingerprint density at radius 2 is 2.03 bits per heavy atom. The van der Waals surface area contributed by atoms with Gasteiger partial charge in [-0.1, -0.05) is 41.5 Å². The minimum Gasteiger partial charge on any atom is -0.423 e. The number of aliphatic imine (C=N–C) groups is 1. The fraction of sp³-hybridized carbons (Fsp3) is 0.320. The fourth-order valence-electron chi connectivity index (χ4n) is 4.14. The average Bonchev–Trinajstić information content (AvgIpc) is 3.42. The largest absolute Gasteiger partial charge is 0.423 e. The second kappa shape index (κ2) is 9.37. The highest BCUT2D eigenvalue weighted by Crippen LogP contribution is 2.38. The Hall–Kier alpha value is -3.16. The summed E-state index contributed by atoms with van der Waals surface area (Å²) in [5, 5.41) is 3.89. The molecule has 0 radical (unpaired) electrons. The molecule has 33 heavy (non-hydrogen) atoms. The van der Waals surface area contributed by atoms with Gasteiger partial charge in [-0.3, -0.25) is 4.99 Å². The number of hydrogen-bond acceptors (Lipinski definition) is 7. The van der Waals surface area contributed by atoms with Crippen LogP contribution in [0.5, 0.6) is 11.8 Å². The van der Waals surface area contributed by atoms with Gasteiger partial charge in [-0.2, -0.15) is 9.97 Å². The van der Waals surface area contributed by atoms with Crippen molar-refractivity contribution < 1.29 is 9.47 Å². The molecular formula is C25H26ClN5O2. The molecule has 1 fully saturated rings. The highest BCUT2D eigenvalue weighted by Gasteiger charge is 2.20. The summed E-state index contributed by atoms with van der Waals surface area (Å²) in [6.07, 6.45) is 9.10. The molecule has 2 aromatic rings. The second-order valence-corrected chi connectivity index (χ2v) is 8.64. The normalized spacial score (nSPS) is 17.7. The van der Waals surface area contributed by atoms with Crippen molar-refractivity contribution in [2.24, 2.45) is 4.99 Å². The zero-order chi connectivity index (χ0) is 22.8. The summed E-state index contributed by atoms with van der Waals surface area (Å²) in [6.45, 7) is 7.58. The molecule has 170 valence electrons. The van der Waals surface area contributed by atoms with E-state index in [9.17, 15) is 0 Å². The lowest BCUT2D eigenvalue weighted by molar-refractivity contribution is 0.122. The van der Waals surface area contributed by atoms with Crippen molar-refractivity contribution in [3.8, 4) is 11.8 Å². The van der Waals surface area contributed by atoms with E-state index in [1.54, 1.807) is 0 Å². The van der Waals surface area contributed by atoms with Gasteiger partial charge in [0.25, 0.3) is 0 Å². The first kappa shape index (κ1) is 21.7. The number of allylic oxidation sites excluding steroid dienone is 2. The first-order valence-electron chi connectivity index (χ1n) is 11.1. The van der Waals surface area contributed by atoms with Crippen LogP contribution < -0.4 is 15.0 Å². The molecule has 2 aliphatic heterocycles. The van der Waals surface area contributed by atoms with Gasteiger partial charge in [0.15, 0.2) is 0 Å². The minimum atomic E-state index is 0.235. The van der Waals surface area contributed by atoms with Crippen molar-refractivity contribution in [2.75, 3.05) is 43.1 Å². The molecule has 8 heteroatoms. The third-order valence-corrected chi connectivity index (χ3v) is 6.10. The zero-order valence-corrected chi connectivity index (χ0v) is 19.5. The van der Waals surface area contributed by atoms with Crippen LogP contribution in [0, 0.1) is 0 Å². The van der Waals surface area contributed by atoms with Gasteiger partial charge in [-0.15, -0.1) is 0 Å². The predicted octanol–water partition coefficient (Wildman–Crippen LogP) is 5.04. The highest BCUT2D eigenvalue weighted by molar-refractivity contribution is 6.33. The van der Waals surface area contributed by atoms with Crippen molar-refractivity contribution >= 4 is 35.1 Å². The Balaban J connectivity index is 1.45. The lowest BCUT2D eigenvalue weighted by Crippen LogP contribution is -2.36. The van der Waals surface area contributed by atoms with E-state index in [0.29, 0.717) is 36.3 Å². The standard InChI is InChI=1S/C25H26ClN5O2/c1-3-4-17-13-21(27-15-17)28-22-14-23(31-7-9-32-10-8-31)30-25(29-22)33-20-6-5-18-11-16(2)12-19(18)24(20)26/h3-6,12-14H,7-11,15H2,1-2H3,(H,27,28,29,30)/b4-3+. The van der Waals surface area contributed by atoms with E-state index in [0.717, 1.165) is 42.3 Å². The highest BCUT2D eigenvalue weighted by atomic mass is 35.5. The third kappa shape index (κ3) is 4.79. The van der Waals surface area contributed by atoms with E-state index in [1.807, 2.05) is 31.2 Å². The number of aromatic nitrogens is 2. The molecule has 1 aromatic heterocycles. The SMILES string of the molecule is C/C=C/C1=CC(Nc2cc(N3CCOCC3)nc(Oc3ccc4c(c3Cl)C=C(C)C4)n2)=NC1. The topological polar surface area (TPSA) is 71.9 Å². The molecule has 0 atom stereocenters. The lowest BCUT2D eigenvalue weighted by atomic mass is 10.1. The maximum Gasteiger partial charge on any atom is 0.325 e. The number of anilines is 2. The van der Waals surface area contributed by atoms with Crippen LogP contribution in [-0.4, -0.2) is 48.7 Å². The van der Waals surface area contributed by atoms with Crippen LogP contribution in [0.1, 0.15) is 25.0 Å². The lowest BCUT2D eigenvalue weighted by Gasteiger charge is -2.28. The fourth-order valence-corrected chi connectivity index (χ4v) is 4.42. The van der Waals surface area contributed by atoms with Crippen molar-refractivity contribution in [2.45, 2.75) is 20.3 Å². The molecule has 3 aliphatic rings. The molecule has 0 saturated carbocycles. The summed E-state index contributed by atoms with van der Waals surface area (Å²) in [7, 11) is 0. The number of nitrogens with zero attached hydrogens (tertiary/aromatic N) is 4. The Morgan fingerprint density at radius 3 is 2.85 bits per heavy atom. The Labute approximate surface area is 198 Å². The van der Waals surface area contributed by atoms with E-state index >= 15 is 0 Å². The van der Waals surface area contributed by atoms with E-state index in [-0.39, 0.29) is 6.01 Å². The van der Waals surface area contributed by atoms with Gasteiger partial charge in [0.05, 0.1) is 24.8 Å². The third-order valence-electron chi connectivity index (χ3n) is 5.71. The summed E-state index contributed by atoms with van der Waals surface area (Å²) < 4.78 is 11.6. The molecule has 1 N–H and O–H groups in total. The summed E-state index contributed by atoms with van der Waals surface area (Å²) >= 11 is 6.68. The quantitative estimate of drug-likeness (QED) is 0.669. The molecule has 0 spiro atoms. The van der Waals surface area contributed by atoms with Gasteiger partial charge in [-0.05, 0) is 43.5 Å². The van der Waals surface area contributed by atoms with Gasteiger partial charge in [0, 0.05) is 24.7 Å². The van der Waals surface area contributed by atoms with E-state index in [1.165, 1.54) is 11.1 Å². The smallest absolute Gasteiger partial charge is 0.325 e. The predicted molar refractivity (Wildman–Crippen MR) is 133 cm³/mol. The molecule has 7 nitrogen and oxygen atoms in total. The molecule has 0 bridgehead atoms. The van der Waals surface area contributed by atoms with E-state index < -0.39 is 0 Å². The molecule has 1 aliphatic carbocycles. The first-order valence-corrected chi connectivity index (χ1v) is 11.5. The van der Waals surface area contributed by atoms with Gasteiger partial charge in [0.1, 0.15) is 23.2 Å². The molecule has 1 aromatic carbocycles. The Morgan fingerprint density at radius 1 is 1.18 bits per heavy atom. The first-order chi connectivity index (χ1) is 16.1. The van der Waals surface area contributed by atoms with Crippen LogP contribution in [0.25, 0.3) is 6.08 Å². The number of nitrogens with one attached hydrogen (secondary N) is 1. The number of hydrogen-bond donors (Lipinski definition) is 1. The van der Waals surface area contributed by atoms with E-state index in [2.05, 4.69) is 50.3 Å². The van der Waals surface area contributed by atoms with Crippen molar-refractivity contribution in [1.82, 2.24) is 9.97 Å². The van der Waals surface area contributed by atoms with Crippen LogP contribution in [0.3, 0.4) is 0 Å². The number of ether oxygens (including phenoxy) is 2. The van der Waals surface area contributed by atoms with Crippen LogP contribution >= 0.6 is 11.6 Å². The number of benzene rings is 1. The maximum absolute atomic E-state index is 6.68. The van der Waals surface area contributed by atoms with Crippen LogP contribution in [-0.2, 0) is 11.2 Å². The zero-order valence-electron chi connectivity index (χ0n) is 18.8. The van der Waals surface area contributed by atoms with Crippen molar-refractivity contribution in [3.63, 3.8) is 0 Å². The van der Waals surface area contributed by atoms with Crippen molar-refractivity contribution in [1.29, 1.82) is 0 Å². The van der Waals surface area contributed by atoms with Gasteiger partial charge >= 0.3 is 6.01 Å². The number of rotatable bonds is 5. The van der Waals surface area contributed by atoms with Crippen LogP contribution in [0.4, 0.5) is 11.6 Å². The minimum absolute atomic E-state index is 0.235. The van der Waals surface area contributed by atoms with Gasteiger partial charge in [0.2, 0.25) is 0 Å². The molecule has 5 rings (SSSR count). The van der Waals surface area contributed by atoms with Gasteiger partial charge in [-0.25, -0.2) is 0 Å². The number of fused-ring (bicyclic) bond motifs is 1. The van der Waals surface area contributed by atoms with E-state index in [4.69, 9.17) is 21.1 Å². The number of morpholine rings is 1. The second-order valence-electron chi connectivity index (χ2n) is 8.26. The molecule has 1 saturated heterocycles. The average molecular weight is 464 g/mol. The molecule has 0 amide bonds. The number of amidine groups is 1. The number of halogens is 1. The van der Waals surface area contributed by atoms with Gasteiger partial charge < -0.3 is 19.7 Å². The summed E-state index contributed by atoms with van der Waals surface area (Å²) in [6, 6.07) is 6.09. The van der Waals surface area contributed by atoms with Crippen LogP contribution in [0.2, 0.25) is 5.02 Å². The Bertz CT molecular complexity index is 1200. The summed E-state index contributed by atoms with van der Waals surface area (Å²) in [5.74, 6) is 2.69. The monoisotopic (exact) mass is 463 g/mol. The van der Waals surface area contributed by atoms with Crippen LogP contribution in [0.15, 0.2) is 52.6 Å². The Kier molecular flexibility index (Phi) is 6.15. The summed E-state index contributed by atoms with van der Waals surface area (Å²) in [5.41, 5.74) is 4.64. The van der Waals surface area contributed by atoms with Crippen molar-refractivity contribution in [3.05, 3.63) is 63.7 Å². The molecule has 3 heterocycles.